The Balaban J connectivity index is 1.46. The Labute approximate surface area is 190 Å². The van der Waals surface area contributed by atoms with Crippen LogP contribution in [-0.2, 0) is 19.1 Å². The monoisotopic (exact) mass is 534 g/mol. The van der Waals surface area contributed by atoms with Crippen LogP contribution in [0.4, 0.5) is 0 Å². The predicted octanol–water partition coefficient (Wildman–Crippen LogP) is 1.61. The number of hydrogen-bond acceptors (Lipinski definition) is 4. The van der Waals surface area contributed by atoms with Crippen molar-refractivity contribution in [3.05, 3.63) is 60.7 Å². The molecule has 0 saturated heterocycles. The van der Waals surface area contributed by atoms with E-state index >= 15 is 0 Å². The van der Waals surface area contributed by atoms with Crippen LogP contribution in [0.25, 0.3) is 0 Å². The molecule has 0 fully saturated rings. The standard InChI is InChI=1S/C24H22O4Se2/c25-23(27-17-9-19-29-21-11-3-1-4-12-21)15-7-8-16-24(26)28-18-10-20-30-22-13-5-2-6-14-22/h1-6,11-14H,7-8,15-18H2. The third kappa shape index (κ3) is 11.5. The zero-order valence-corrected chi connectivity index (χ0v) is 19.9. The molecular formula is C24H22O4Se2. The molecule has 0 heterocycles. The van der Waals surface area contributed by atoms with Crippen molar-refractivity contribution in [3.63, 3.8) is 0 Å². The minimum absolute atomic E-state index is 0.0704. The molecule has 0 atom stereocenters. The van der Waals surface area contributed by atoms with E-state index in [9.17, 15) is 9.59 Å². The fraction of sp³-hybridized carbons (Fsp3) is 0.250. The number of carbonyl (C=O) groups excluding carboxylic acids is 2. The second-order valence-corrected chi connectivity index (χ2v) is 9.61. The maximum absolute atomic E-state index is 11.7. The predicted molar refractivity (Wildman–Crippen MR) is 120 cm³/mol. The number of benzene rings is 2. The number of hydrogen-bond donors (Lipinski definition) is 0. The first-order valence-corrected chi connectivity index (χ1v) is 12.9. The van der Waals surface area contributed by atoms with Gasteiger partial charge < -0.3 is 0 Å². The third-order valence-electron chi connectivity index (χ3n) is 3.59. The zero-order valence-electron chi connectivity index (χ0n) is 16.5. The molecule has 4 nitrogen and oxygen atoms in total. The zero-order chi connectivity index (χ0) is 21.3. The molecule has 0 unspecified atom stereocenters. The van der Waals surface area contributed by atoms with Crippen molar-refractivity contribution in [2.24, 2.45) is 0 Å². The normalized spacial score (nSPS) is 9.47. The van der Waals surface area contributed by atoms with Gasteiger partial charge in [-0.25, -0.2) is 0 Å². The summed E-state index contributed by atoms with van der Waals surface area (Å²) in [7, 11) is 0. The van der Waals surface area contributed by atoms with E-state index in [-0.39, 0.29) is 67.9 Å². The van der Waals surface area contributed by atoms with E-state index in [0.29, 0.717) is 12.8 Å². The van der Waals surface area contributed by atoms with Crippen LogP contribution in [0.3, 0.4) is 0 Å². The van der Waals surface area contributed by atoms with Crippen LogP contribution in [0.5, 0.6) is 0 Å². The first-order valence-electron chi connectivity index (χ1n) is 9.45. The summed E-state index contributed by atoms with van der Waals surface area (Å²) in [6.07, 6.45) is 1.71. The SMILES string of the molecule is O=C(CCCCC(=O)OCC#C[Se]c1ccccc1)OCC#C[Se]c1ccccc1. The van der Waals surface area contributed by atoms with Crippen LogP contribution in [0.1, 0.15) is 25.7 Å². The van der Waals surface area contributed by atoms with E-state index in [1.54, 1.807) is 0 Å². The molecule has 0 N–H and O–H groups in total. The molecule has 154 valence electrons. The summed E-state index contributed by atoms with van der Waals surface area (Å²) in [5.74, 6) is 5.15. The average Bonchev–Trinajstić information content (AvgIpc) is 2.78. The van der Waals surface area contributed by atoms with Crippen LogP contribution in [0.2, 0.25) is 0 Å². The summed E-state index contributed by atoms with van der Waals surface area (Å²) in [6, 6.07) is 20.0. The molecule has 2 aromatic carbocycles. The Morgan fingerprint density at radius 1 is 0.667 bits per heavy atom. The Bertz CT molecular complexity index is 829. The van der Waals surface area contributed by atoms with Crippen molar-refractivity contribution in [2.75, 3.05) is 13.2 Å². The van der Waals surface area contributed by atoms with Crippen molar-refractivity contribution in [3.8, 4) is 21.5 Å². The molecule has 30 heavy (non-hydrogen) atoms. The summed E-state index contributed by atoms with van der Waals surface area (Å²) in [4.78, 5) is 29.4. The van der Waals surface area contributed by atoms with Gasteiger partial charge >= 0.3 is 191 Å². The van der Waals surface area contributed by atoms with Crippen molar-refractivity contribution < 1.29 is 19.1 Å². The van der Waals surface area contributed by atoms with Gasteiger partial charge in [-0.3, -0.25) is 0 Å². The van der Waals surface area contributed by atoms with E-state index in [4.69, 9.17) is 9.47 Å². The Morgan fingerprint density at radius 2 is 1.07 bits per heavy atom. The molecule has 0 spiro atoms. The molecule has 0 bridgehead atoms. The minimum atomic E-state index is -0.293. The Morgan fingerprint density at radius 3 is 1.47 bits per heavy atom. The molecule has 0 saturated carbocycles. The molecule has 0 amide bonds. The second kappa shape index (κ2) is 15.4. The number of ether oxygens (including phenoxy) is 2. The van der Waals surface area contributed by atoms with Gasteiger partial charge in [0.15, 0.2) is 0 Å². The topological polar surface area (TPSA) is 52.6 Å². The molecule has 0 aliphatic heterocycles. The van der Waals surface area contributed by atoms with E-state index in [1.807, 2.05) is 60.7 Å². The van der Waals surface area contributed by atoms with E-state index in [1.165, 1.54) is 8.92 Å². The summed E-state index contributed by atoms with van der Waals surface area (Å²) in [6.45, 7) is 0.219. The van der Waals surface area contributed by atoms with Gasteiger partial charge in [-0.05, 0) is 0 Å². The van der Waals surface area contributed by atoms with E-state index < -0.39 is 0 Å². The molecular weight excluding hydrogens is 510 g/mol. The second-order valence-electron chi connectivity index (χ2n) is 5.92. The summed E-state index contributed by atoms with van der Waals surface area (Å²) >= 11 is 0.141. The summed E-state index contributed by atoms with van der Waals surface area (Å²) in [5.41, 5.74) is 0. The average molecular weight is 532 g/mol. The number of esters is 2. The van der Waals surface area contributed by atoms with Gasteiger partial charge in [0, 0.05) is 0 Å². The van der Waals surface area contributed by atoms with Crippen molar-refractivity contribution >= 4 is 50.8 Å². The van der Waals surface area contributed by atoms with Gasteiger partial charge in [-0.15, -0.1) is 0 Å². The molecule has 0 aliphatic carbocycles. The number of carbonyl (C=O) groups is 2. The molecule has 6 heteroatoms. The van der Waals surface area contributed by atoms with Crippen LogP contribution >= 0.6 is 0 Å². The van der Waals surface area contributed by atoms with Gasteiger partial charge in [-0.1, -0.05) is 0 Å². The third-order valence-corrected chi connectivity index (χ3v) is 6.76. The van der Waals surface area contributed by atoms with Gasteiger partial charge in [-0.2, -0.15) is 0 Å². The molecule has 2 rings (SSSR count). The van der Waals surface area contributed by atoms with Crippen molar-refractivity contribution in [1.29, 1.82) is 0 Å². The fourth-order valence-electron chi connectivity index (χ4n) is 2.14. The first-order chi connectivity index (χ1) is 14.7. The number of rotatable bonds is 9. The molecule has 2 aromatic rings. The Kier molecular flexibility index (Phi) is 12.2. The van der Waals surface area contributed by atoms with Gasteiger partial charge in [0.25, 0.3) is 0 Å². The van der Waals surface area contributed by atoms with Crippen LogP contribution in [0.15, 0.2) is 60.7 Å². The fourth-order valence-corrected chi connectivity index (χ4v) is 4.42. The van der Waals surface area contributed by atoms with Gasteiger partial charge in [0.2, 0.25) is 0 Å². The van der Waals surface area contributed by atoms with Crippen LogP contribution in [-0.4, -0.2) is 55.1 Å². The maximum atomic E-state index is 11.7. The van der Waals surface area contributed by atoms with E-state index in [0.717, 1.165) is 0 Å². The van der Waals surface area contributed by atoms with E-state index in [2.05, 4.69) is 21.5 Å². The van der Waals surface area contributed by atoms with Gasteiger partial charge in [0.1, 0.15) is 0 Å². The molecule has 0 aromatic heterocycles. The molecule has 0 aliphatic rings. The van der Waals surface area contributed by atoms with Crippen LogP contribution in [0, 0.1) is 21.5 Å². The molecule has 0 radical (unpaired) electrons. The quantitative estimate of drug-likeness (QED) is 0.213. The Hall–Kier alpha value is -2.46. The van der Waals surface area contributed by atoms with Crippen molar-refractivity contribution in [2.45, 2.75) is 25.7 Å². The number of unbranched alkanes of at least 4 members (excludes halogenated alkanes) is 1. The first kappa shape index (κ1) is 23.8. The van der Waals surface area contributed by atoms with Gasteiger partial charge in [0.05, 0.1) is 0 Å². The van der Waals surface area contributed by atoms with Crippen molar-refractivity contribution in [1.82, 2.24) is 0 Å². The summed E-state index contributed by atoms with van der Waals surface area (Å²) < 4.78 is 12.5. The van der Waals surface area contributed by atoms with Crippen LogP contribution < -0.4 is 8.92 Å². The summed E-state index contributed by atoms with van der Waals surface area (Å²) in [5, 5.41) is 0.